The van der Waals surface area contributed by atoms with Gasteiger partial charge < -0.3 is 9.73 Å². The summed E-state index contributed by atoms with van der Waals surface area (Å²) in [5.74, 6) is 0.766. The van der Waals surface area contributed by atoms with Crippen molar-refractivity contribution in [3.63, 3.8) is 0 Å². The van der Waals surface area contributed by atoms with Crippen molar-refractivity contribution in [3.05, 3.63) is 78.1 Å². The van der Waals surface area contributed by atoms with E-state index in [1.807, 2.05) is 18.2 Å². The lowest BCUT2D eigenvalue weighted by Crippen LogP contribution is -2.36. The molecule has 0 aliphatic carbocycles. The Morgan fingerprint density at radius 3 is 2.57 bits per heavy atom. The number of halogens is 1. The first-order valence-corrected chi connectivity index (χ1v) is 10.5. The molecule has 2 aromatic carbocycles. The second-order valence-corrected chi connectivity index (χ2v) is 7.60. The first-order valence-electron chi connectivity index (χ1n) is 10.5. The number of nitrogens with one attached hydrogen (secondary N) is 1. The highest BCUT2D eigenvalue weighted by atomic mass is 19.1. The number of nitrogens with zero attached hydrogens (tertiary/aromatic N) is 2. The molecule has 1 atom stereocenters. The number of carbonyl (C=O) groups excluding carboxylic acids is 1. The molecule has 0 bridgehead atoms. The van der Waals surface area contributed by atoms with Crippen molar-refractivity contribution < 1.29 is 13.6 Å². The zero-order valence-corrected chi connectivity index (χ0v) is 16.9. The van der Waals surface area contributed by atoms with Crippen LogP contribution in [-0.2, 0) is 11.2 Å². The van der Waals surface area contributed by atoms with Crippen LogP contribution in [-0.4, -0.2) is 35.4 Å². The van der Waals surface area contributed by atoms with Crippen LogP contribution in [0.5, 0.6) is 0 Å². The van der Waals surface area contributed by atoms with Gasteiger partial charge in [0.05, 0.1) is 12.2 Å². The minimum absolute atomic E-state index is 0.0170. The number of hydrogen-bond acceptors (Lipinski definition) is 4. The number of amides is 1. The Kier molecular flexibility index (Phi) is 6.54. The number of oxazole rings is 1. The molecule has 1 amide bonds. The first-order chi connectivity index (χ1) is 14.7. The lowest BCUT2D eigenvalue weighted by molar-refractivity contribution is -0.121. The third-order valence-electron chi connectivity index (χ3n) is 5.51. The van der Waals surface area contributed by atoms with Gasteiger partial charge in [-0.25, -0.2) is 9.37 Å². The summed E-state index contributed by atoms with van der Waals surface area (Å²) in [6.07, 6.45) is 4.76. The van der Waals surface area contributed by atoms with E-state index in [-0.39, 0.29) is 17.8 Å². The molecule has 2 heterocycles. The van der Waals surface area contributed by atoms with Crippen molar-refractivity contribution in [2.24, 2.45) is 0 Å². The minimum atomic E-state index is -0.294. The van der Waals surface area contributed by atoms with Gasteiger partial charge in [-0.1, -0.05) is 30.3 Å². The van der Waals surface area contributed by atoms with E-state index in [1.54, 1.807) is 18.3 Å². The maximum absolute atomic E-state index is 13.1. The van der Waals surface area contributed by atoms with Crippen molar-refractivity contribution in [1.82, 2.24) is 15.2 Å². The van der Waals surface area contributed by atoms with E-state index in [2.05, 4.69) is 27.3 Å². The summed E-state index contributed by atoms with van der Waals surface area (Å²) in [4.78, 5) is 19.1. The first kappa shape index (κ1) is 20.3. The molecule has 30 heavy (non-hydrogen) atoms. The highest BCUT2D eigenvalue weighted by Gasteiger charge is 2.23. The van der Waals surface area contributed by atoms with Crippen molar-refractivity contribution in [2.75, 3.05) is 19.6 Å². The fourth-order valence-corrected chi connectivity index (χ4v) is 3.88. The lowest BCUT2D eigenvalue weighted by atomic mass is 10.1. The Balaban J connectivity index is 1.30. The average molecular weight is 407 g/mol. The highest BCUT2D eigenvalue weighted by molar-refractivity contribution is 5.76. The summed E-state index contributed by atoms with van der Waals surface area (Å²) in [7, 11) is 0. The van der Waals surface area contributed by atoms with Crippen molar-refractivity contribution in [2.45, 2.75) is 31.7 Å². The number of rotatable bonds is 8. The SMILES string of the molecule is O=C(CCc1ncc(-c2ccc(F)cc2)o1)NCC(c1ccccc1)N1CCCC1. The van der Waals surface area contributed by atoms with E-state index in [4.69, 9.17) is 4.42 Å². The Labute approximate surface area is 175 Å². The third kappa shape index (κ3) is 5.13. The molecular formula is C24H26FN3O2. The second-order valence-electron chi connectivity index (χ2n) is 7.60. The Bertz CT molecular complexity index is 950. The zero-order valence-electron chi connectivity index (χ0n) is 16.9. The molecule has 156 valence electrons. The number of aromatic nitrogens is 1. The summed E-state index contributed by atoms with van der Waals surface area (Å²) in [6, 6.07) is 16.6. The van der Waals surface area contributed by atoms with Crippen LogP contribution in [0, 0.1) is 5.82 Å². The molecule has 1 aliphatic rings. The van der Waals surface area contributed by atoms with Gasteiger partial charge in [-0.3, -0.25) is 9.69 Å². The van der Waals surface area contributed by atoms with Crippen molar-refractivity contribution >= 4 is 5.91 Å². The van der Waals surface area contributed by atoms with E-state index < -0.39 is 0 Å². The van der Waals surface area contributed by atoms with Crippen LogP contribution in [0.2, 0.25) is 0 Å². The Morgan fingerprint density at radius 1 is 1.10 bits per heavy atom. The number of benzene rings is 2. The zero-order chi connectivity index (χ0) is 20.8. The van der Waals surface area contributed by atoms with Crippen LogP contribution in [0.25, 0.3) is 11.3 Å². The largest absolute Gasteiger partial charge is 0.441 e. The molecule has 0 spiro atoms. The van der Waals surface area contributed by atoms with Gasteiger partial charge in [-0.2, -0.15) is 0 Å². The molecule has 4 rings (SSSR count). The Hall–Kier alpha value is -2.99. The normalized spacial score (nSPS) is 15.2. The molecule has 1 saturated heterocycles. The molecule has 1 fully saturated rings. The van der Waals surface area contributed by atoms with Gasteiger partial charge in [-0.05, 0) is 55.8 Å². The molecule has 3 aromatic rings. The number of likely N-dealkylation sites (tertiary alicyclic amines) is 1. The fourth-order valence-electron chi connectivity index (χ4n) is 3.88. The molecule has 5 nitrogen and oxygen atoms in total. The summed E-state index contributed by atoms with van der Waals surface area (Å²) >= 11 is 0. The molecule has 6 heteroatoms. The van der Waals surface area contributed by atoms with Gasteiger partial charge in [-0.15, -0.1) is 0 Å². The van der Waals surface area contributed by atoms with Crippen LogP contribution in [0.1, 0.15) is 36.8 Å². The summed E-state index contributed by atoms with van der Waals surface area (Å²) < 4.78 is 18.8. The molecule has 1 aromatic heterocycles. The van der Waals surface area contributed by atoms with Gasteiger partial charge in [0.25, 0.3) is 0 Å². The van der Waals surface area contributed by atoms with E-state index >= 15 is 0 Å². The summed E-state index contributed by atoms with van der Waals surface area (Å²) in [6.45, 7) is 2.73. The molecule has 1 unspecified atom stereocenters. The van der Waals surface area contributed by atoms with Gasteiger partial charge in [0.1, 0.15) is 5.82 Å². The summed E-state index contributed by atoms with van der Waals surface area (Å²) in [5, 5.41) is 3.08. The molecule has 0 saturated carbocycles. The average Bonchev–Trinajstić information content (AvgIpc) is 3.46. The van der Waals surface area contributed by atoms with Gasteiger partial charge in [0.2, 0.25) is 5.91 Å². The number of carbonyl (C=O) groups is 1. The van der Waals surface area contributed by atoms with E-state index in [0.717, 1.165) is 18.7 Å². The van der Waals surface area contributed by atoms with Crippen LogP contribution in [0.15, 0.2) is 65.2 Å². The van der Waals surface area contributed by atoms with Gasteiger partial charge in [0, 0.05) is 24.9 Å². The fraction of sp³-hybridized carbons (Fsp3) is 0.333. The molecule has 1 N–H and O–H groups in total. The van der Waals surface area contributed by atoms with E-state index in [9.17, 15) is 9.18 Å². The van der Waals surface area contributed by atoms with Crippen molar-refractivity contribution in [1.29, 1.82) is 0 Å². The summed E-state index contributed by atoms with van der Waals surface area (Å²) in [5.41, 5.74) is 1.99. The highest BCUT2D eigenvalue weighted by Crippen LogP contribution is 2.24. The maximum Gasteiger partial charge on any atom is 0.220 e. The van der Waals surface area contributed by atoms with Crippen LogP contribution >= 0.6 is 0 Å². The van der Waals surface area contributed by atoms with Crippen molar-refractivity contribution in [3.8, 4) is 11.3 Å². The quantitative estimate of drug-likeness (QED) is 0.603. The maximum atomic E-state index is 13.1. The third-order valence-corrected chi connectivity index (χ3v) is 5.51. The topological polar surface area (TPSA) is 58.4 Å². The van der Waals surface area contributed by atoms with Crippen LogP contribution in [0.3, 0.4) is 0 Å². The van der Waals surface area contributed by atoms with Gasteiger partial charge >= 0.3 is 0 Å². The number of hydrogen-bond donors (Lipinski definition) is 1. The predicted octanol–water partition coefficient (Wildman–Crippen LogP) is 4.37. The van der Waals surface area contributed by atoms with E-state index in [1.165, 1.54) is 30.5 Å². The smallest absolute Gasteiger partial charge is 0.220 e. The molecule has 1 aliphatic heterocycles. The monoisotopic (exact) mass is 407 g/mol. The standard InChI is InChI=1S/C24H26FN3O2/c25-20-10-8-19(9-11-20)22-17-27-24(30-22)13-12-23(29)26-16-21(28-14-4-5-15-28)18-6-2-1-3-7-18/h1-3,6-11,17,21H,4-5,12-16H2,(H,26,29). The minimum Gasteiger partial charge on any atom is -0.441 e. The predicted molar refractivity (Wildman–Crippen MR) is 113 cm³/mol. The van der Waals surface area contributed by atoms with Crippen LogP contribution in [0.4, 0.5) is 4.39 Å². The molecule has 0 radical (unpaired) electrons. The molecular weight excluding hydrogens is 381 g/mol. The second kappa shape index (κ2) is 9.67. The van der Waals surface area contributed by atoms with Gasteiger partial charge in [0.15, 0.2) is 11.7 Å². The van der Waals surface area contributed by atoms with Crippen LogP contribution < -0.4 is 5.32 Å². The number of aryl methyl sites for hydroxylation is 1. The lowest BCUT2D eigenvalue weighted by Gasteiger charge is -2.28. The van der Waals surface area contributed by atoms with E-state index in [0.29, 0.717) is 31.0 Å². The Morgan fingerprint density at radius 2 is 1.83 bits per heavy atom.